The van der Waals surface area contributed by atoms with Crippen molar-refractivity contribution in [3.63, 3.8) is 0 Å². The van der Waals surface area contributed by atoms with Crippen LogP contribution in [0.25, 0.3) is 5.52 Å². The van der Waals surface area contributed by atoms with Crippen LogP contribution in [0.4, 0.5) is 0 Å². The van der Waals surface area contributed by atoms with Crippen molar-refractivity contribution >= 4 is 5.52 Å². The van der Waals surface area contributed by atoms with Gasteiger partial charge in [-0.1, -0.05) is 18.9 Å². The van der Waals surface area contributed by atoms with Crippen molar-refractivity contribution in [1.82, 2.24) is 9.38 Å². The summed E-state index contributed by atoms with van der Waals surface area (Å²) in [5.41, 5.74) is 2.48. The maximum Gasteiger partial charge on any atom is 0.0994 e. The summed E-state index contributed by atoms with van der Waals surface area (Å²) in [7, 11) is 0. The molecule has 0 spiro atoms. The van der Waals surface area contributed by atoms with E-state index in [1.165, 1.54) is 18.5 Å². The summed E-state index contributed by atoms with van der Waals surface area (Å²) >= 11 is 0. The molecule has 16 heavy (non-hydrogen) atoms. The lowest BCUT2D eigenvalue weighted by atomic mass is 10.1. The Bertz CT molecular complexity index is 436. The Morgan fingerprint density at radius 1 is 1.12 bits per heavy atom. The van der Waals surface area contributed by atoms with E-state index in [1.54, 1.807) is 0 Å². The van der Waals surface area contributed by atoms with Crippen molar-refractivity contribution in [3.8, 4) is 0 Å². The Morgan fingerprint density at radius 2 is 2.00 bits per heavy atom. The normalized spacial score (nSPS) is 11.1. The van der Waals surface area contributed by atoms with Crippen LogP contribution in [0, 0.1) is 0 Å². The van der Waals surface area contributed by atoms with Crippen LogP contribution in [-0.2, 0) is 6.42 Å². The molecule has 0 bridgehead atoms. The molecule has 3 heteroatoms. The zero-order valence-corrected chi connectivity index (χ0v) is 9.47. The second-order valence-corrected chi connectivity index (χ2v) is 4.09. The van der Waals surface area contributed by atoms with E-state index in [0.29, 0.717) is 6.61 Å². The lowest BCUT2D eigenvalue weighted by molar-refractivity contribution is 0.282. The van der Waals surface area contributed by atoms with Crippen molar-refractivity contribution in [3.05, 3.63) is 36.4 Å². The third-order valence-corrected chi connectivity index (χ3v) is 2.87. The minimum Gasteiger partial charge on any atom is -0.396 e. The van der Waals surface area contributed by atoms with Gasteiger partial charge in [0, 0.05) is 12.3 Å². The number of hydrogen-bond acceptors (Lipinski definition) is 2. The Balaban J connectivity index is 1.91. The molecule has 2 rings (SSSR count). The number of aliphatic hydroxyl groups excluding tert-OH is 1. The van der Waals surface area contributed by atoms with Crippen LogP contribution in [0.2, 0.25) is 0 Å². The van der Waals surface area contributed by atoms with Gasteiger partial charge in [-0.25, -0.2) is 4.98 Å². The third-order valence-electron chi connectivity index (χ3n) is 2.87. The molecule has 0 aliphatic heterocycles. The molecule has 0 unspecified atom stereocenters. The number of aromatic nitrogens is 2. The number of unbranched alkanes of at least 4 members (excludes halogenated alkanes) is 3. The maximum atomic E-state index is 8.68. The summed E-state index contributed by atoms with van der Waals surface area (Å²) in [5.74, 6) is 0. The molecular weight excluding hydrogens is 200 g/mol. The molecule has 0 saturated heterocycles. The lowest BCUT2D eigenvalue weighted by Gasteiger charge is -2.05. The molecule has 0 amide bonds. The van der Waals surface area contributed by atoms with E-state index in [1.807, 2.05) is 12.5 Å². The van der Waals surface area contributed by atoms with Gasteiger partial charge in [0.2, 0.25) is 0 Å². The van der Waals surface area contributed by atoms with Gasteiger partial charge in [-0.15, -0.1) is 0 Å². The van der Waals surface area contributed by atoms with Crippen LogP contribution in [0.15, 0.2) is 30.7 Å². The zero-order chi connectivity index (χ0) is 11.2. The monoisotopic (exact) mass is 218 g/mol. The van der Waals surface area contributed by atoms with E-state index in [-0.39, 0.29) is 0 Å². The number of rotatable bonds is 6. The van der Waals surface area contributed by atoms with Crippen molar-refractivity contribution in [2.45, 2.75) is 32.1 Å². The Kier molecular flexibility index (Phi) is 3.94. The molecule has 0 aromatic carbocycles. The average Bonchev–Trinajstić information content (AvgIpc) is 2.77. The van der Waals surface area contributed by atoms with Crippen molar-refractivity contribution in [1.29, 1.82) is 0 Å². The molecule has 0 radical (unpaired) electrons. The van der Waals surface area contributed by atoms with Crippen LogP contribution in [0.1, 0.15) is 31.4 Å². The third kappa shape index (κ3) is 2.61. The van der Waals surface area contributed by atoms with Crippen LogP contribution >= 0.6 is 0 Å². The molecule has 2 aromatic heterocycles. The maximum absolute atomic E-state index is 8.68. The number of aliphatic hydroxyl groups is 1. The molecule has 2 aromatic rings. The smallest absolute Gasteiger partial charge is 0.0994 e. The van der Waals surface area contributed by atoms with Gasteiger partial charge in [0.15, 0.2) is 0 Å². The summed E-state index contributed by atoms with van der Waals surface area (Å²) in [6.07, 6.45) is 9.25. The number of aryl methyl sites for hydroxylation is 1. The van der Waals surface area contributed by atoms with Gasteiger partial charge >= 0.3 is 0 Å². The molecular formula is C13H18N2O. The van der Waals surface area contributed by atoms with Crippen LogP contribution in [0.3, 0.4) is 0 Å². The van der Waals surface area contributed by atoms with Crippen LogP contribution in [0.5, 0.6) is 0 Å². The molecule has 0 aliphatic carbocycles. The highest BCUT2D eigenvalue weighted by Gasteiger charge is 1.99. The minimum atomic E-state index is 0.317. The zero-order valence-electron chi connectivity index (χ0n) is 9.47. The summed E-state index contributed by atoms with van der Waals surface area (Å²) in [6.45, 7) is 0.317. The predicted molar refractivity (Wildman–Crippen MR) is 64.4 cm³/mol. The molecule has 0 atom stereocenters. The first-order valence-electron chi connectivity index (χ1n) is 5.92. The fourth-order valence-electron chi connectivity index (χ4n) is 1.98. The summed E-state index contributed by atoms with van der Waals surface area (Å²) < 4.78 is 2.14. The van der Waals surface area contributed by atoms with Crippen molar-refractivity contribution in [2.24, 2.45) is 0 Å². The molecule has 0 aliphatic rings. The number of nitrogens with zero attached hydrogens (tertiary/aromatic N) is 2. The number of pyridine rings is 1. The second-order valence-electron chi connectivity index (χ2n) is 4.09. The highest BCUT2D eigenvalue weighted by atomic mass is 16.2. The fourth-order valence-corrected chi connectivity index (χ4v) is 1.98. The first-order chi connectivity index (χ1) is 7.92. The topological polar surface area (TPSA) is 37.5 Å². The van der Waals surface area contributed by atoms with E-state index in [9.17, 15) is 0 Å². The quantitative estimate of drug-likeness (QED) is 0.756. The van der Waals surface area contributed by atoms with E-state index in [0.717, 1.165) is 24.8 Å². The minimum absolute atomic E-state index is 0.317. The second kappa shape index (κ2) is 5.66. The van der Waals surface area contributed by atoms with E-state index in [2.05, 4.69) is 27.6 Å². The Labute approximate surface area is 95.8 Å². The van der Waals surface area contributed by atoms with E-state index < -0.39 is 0 Å². The fraction of sp³-hybridized carbons (Fsp3) is 0.462. The van der Waals surface area contributed by atoms with Gasteiger partial charge in [-0.05, 0) is 31.4 Å². The van der Waals surface area contributed by atoms with Crippen LogP contribution < -0.4 is 0 Å². The standard InChI is InChI=1S/C13H18N2O/c16-9-4-2-1-3-6-12-7-5-8-13-10-14-11-15(12)13/h5,7-8,10-11,16H,1-4,6,9H2. The molecule has 3 nitrogen and oxygen atoms in total. The molecule has 86 valence electrons. The van der Waals surface area contributed by atoms with Crippen molar-refractivity contribution < 1.29 is 5.11 Å². The first kappa shape index (κ1) is 11.1. The number of imidazole rings is 1. The summed E-state index contributed by atoms with van der Waals surface area (Å²) in [4.78, 5) is 4.15. The Morgan fingerprint density at radius 3 is 2.88 bits per heavy atom. The van der Waals surface area contributed by atoms with E-state index in [4.69, 9.17) is 5.11 Å². The largest absolute Gasteiger partial charge is 0.396 e. The lowest BCUT2D eigenvalue weighted by Crippen LogP contribution is -1.95. The van der Waals surface area contributed by atoms with Gasteiger partial charge in [-0.2, -0.15) is 0 Å². The predicted octanol–water partition coefficient (Wildman–Crippen LogP) is 2.43. The molecule has 1 N–H and O–H groups in total. The number of hydrogen-bond donors (Lipinski definition) is 1. The molecule has 0 fully saturated rings. The molecule has 0 saturated carbocycles. The Hall–Kier alpha value is -1.35. The van der Waals surface area contributed by atoms with Gasteiger partial charge in [0.1, 0.15) is 0 Å². The average molecular weight is 218 g/mol. The number of fused-ring (bicyclic) bond motifs is 1. The summed E-state index contributed by atoms with van der Waals surface area (Å²) in [5, 5.41) is 8.68. The van der Waals surface area contributed by atoms with Gasteiger partial charge < -0.3 is 9.51 Å². The van der Waals surface area contributed by atoms with Gasteiger partial charge in [-0.3, -0.25) is 0 Å². The van der Waals surface area contributed by atoms with Gasteiger partial charge in [0.05, 0.1) is 18.0 Å². The van der Waals surface area contributed by atoms with E-state index >= 15 is 0 Å². The SMILES string of the molecule is OCCCCCCc1cccc2cncn12. The van der Waals surface area contributed by atoms with Crippen molar-refractivity contribution in [2.75, 3.05) is 6.61 Å². The summed E-state index contributed by atoms with van der Waals surface area (Å²) in [6, 6.07) is 6.31. The van der Waals surface area contributed by atoms with Crippen LogP contribution in [-0.4, -0.2) is 21.1 Å². The highest BCUT2D eigenvalue weighted by molar-refractivity contribution is 5.45. The first-order valence-corrected chi connectivity index (χ1v) is 5.92. The van der Waals surface area contributed by atoms with Gasteiger partial charge in [0.25, 0.3) is 0 Å². The highest BCUT2D eigenvalue weighted by Crippen LogP contribution is 2.11. The molecule has 2 heterocycles.